The topological polar surface area (TPSA) is 128 Å². The number of hydrogen-bond donors (Lipinski definition) is 2. The first-order valence-corrected chi connectivity index (χ1v) is 14.5. The van der Waals surface area contributed by atoms with Crippen LogP contribution in [0.4, 0.5) is 11.6 Å². The molecule has 0 unspecified atom stereocenters. The number of ketones is 1. The van der Waals surface area contributed by atoms with Crippen molar-refractivity contribution in [1.29, 1.82) is 0 Å². The lowest BCUT2D eigenvalue weighted by Crippen LogP contribution is -2.15. The SMILES string of the molecule is Nc1c(C(=O)c2ccc(S(=O)(=O)Nc3ncccn3)cc2)sc2nc(-c3ccccc3)cc(-c3ccccc3)c12. The van der Waals surface area contributed by atoms with Crippen molar-refractivity contribution in [2.24, 2.45) is 0 Å². The first-order valence-electron chi connectivity index (χ1n) is 12.2. The Balaban J connectivity index is 1.40. The van der Waals surface area contributed by atoms with Crippen LogP contribution in [0, 0.1) is 0 Å². The average molecular weight is 564 g/mol. The van der Waals surface area contributed by atoms with Gasteiger partial charge in [-0.25, -0.2) is 28.1 Å². The Bertz CT molecular complexity index is 1940. The molecule has 0 atom stereocenters. The summed E-state index contributed by atoms with van der Waals surface area (Å²) in [4.78, 5) is 27.2. The summed E-state index contributed by atoms with van der Waals surface area (Å²) in [5, 5.41) is 0.713. The lowest BCUT2D eigenvalue weighted by atomic mass is 9.99. The Morgan fingerprint density at radius 2 is 1.43 bits per heavy atom. The van der Waals surface area contributed by atoms with E-state index in [0.717, 1.165) is 22.4 Å². The quantitative estimate of drug-likeness (QED) is 0.227. The molecule has 6 aromatic rings. The zero-order chi connectivity index (χ0) is 27.7. The fourth-order valence-corrected chi connectivity index (χ4v) is 6.38. The number of fused-ring (bicyclic) bond motifs is 1. The number of thiophene rings is 1. The molecule has 0 fully saturated rings. The van der Waals surface area contributed by atoms with E-state index >= 15 is 0 Å². The number of aromatic nitrogens is 3. The summed E-state index contributed by atoms with van der Waals surface area (Å²) in [5.74, 6) is -0.360. The van der Waals surface area contributed by atoms with Gasteiger partial charge in [0, 0.05) is 28.9 Å². The van der Waals surface area contributed by atoms with Gasteiger partial charge in [0.15, 0.2) is 0 Å². The van der Waals surface area contributed by atoms with Crippen molar-refractivity contribution in [3.05, 3.63) is 120 Å². The average Bonchev–Trinajstić information content (AvgIpc) is 3.33. The number of carbonyl (C=O) groups is 1. The van der Waals surface area contributed by atoms with Crippen LogP contribution in [-0.2, 0) is 10.0 Å². The molecule has 0 saturated heterocycles. The van der Waals surface area contributed by atoms with Crippen molar-refractivity contribution in [1.82, 2.24) is 15.0 Å². The van der Waals surface area contributed by atoms with Crippen molar-refractivity contribution in [2.45, 2.75) is 4.90 Å². The van der Waals surface area contributed by atoms with Gasteiger partial charge in [-0.05, 0) is 47.5 Å². The van der Waals surface area contributed by atoms with Gasteiger partial charge in [-0.1, -0.05) is 60.7 Å². The van der Waals surface area contributed by atoms with Crippen LogP contribution in [-0.4, -0.2) is 29.2 Å². The Morgan fingerprint density at radius 1 is 0.800 bits per heavy atom. The highest BCUT2D eigenvalue weighted by Crippen LogP contribution is 2.42. The zero-order valence-electron chi connectivity index (χ0n) is 20.9. The van der Waals surface area contributed by atoms with Crippen molar-refractivity contribution in [3.63, 3.8) is 0 Å². The number of nitrogen functional groups attached to an aromatic ring is 1. The van der Waals surface area contributed by atoms with Gasteiger partial charge in [0.05, 0.1) is 16.3 Å². The van der Waals surface area contributed by atoms with E-state index in [1.54, 1.807) is 6.07 Å². The molecule has 3 N–H and O–H groups in total. The molecule has 196 valence electrons. The highest BCUT2D eigenvalue weighted by molar-refractivity contribution is 7.92. The zero-order valence-corrected chi connectivity index (χ0v) is 22.5. The van der Waals surface area contributed by atoms with Crippen LogP contribution < -0.4 is 10.5 Å². The van der Waals surface area contributed by atoms with Crippen LogP contribution in [0.1, 0.15) is 15.2 Å². The number of hydrogen-bond acceptors (Lipinski definition) is 8. The first kappa shape index (κ1) is 25.4. The predicted molar refractivity (Wildman–Crippen MR) is 158 cm³/mol. The molecule has 3 heterocycles. The van der Waals surface area contributed by atoms with E-state index in [2.05, 4.69) is 14.7 Å². The maximum absolute atomic E-state index is 13.6. The van der Waals surface area contributed by atoms with Crippen LogP contribution in [0.3, 0.4) is 0 Å². The van der Waals surface area contributed by atoms with Gasteiger partial charge < -0.3 is 5.73 Å². The minimum absolute atomic E-state index is 0.0265. The number of nitrogens with two attached hydrogens (primary N) is 1. The molecule has 0 aliphatic rings. The molecule has 40 heavy (non-hydrogen) atoms. The molecule has 0 amide bonds. The van der Waals surface area contributed by atoms with E-state index in [1.807, 2.05) is 66.7 Å². The monoisotopic (exact) mass is 563 g/mol. The summed E-state index contributed by atoms with van der Waals surface area (Å²) in [6.45, 7) is 0. The van der Waals surface area contributed by atoms with Crippen molar-refractivity contribution in [3.8, 4) is 22.4 Å². The summed E-state index contributed by atoms with van der Waals surface area (Å²) >= 11 is 1.22. The van der Waals surface area contributed by atoms with Crippen LogP contribution in [0.2, 0.25) is 0 Å². The van der Waals surface area contributed by atoms with Gasteiger partial charge in [0.25, 0.3) is 10.0 Å². The van der Waals surface area contributed by atoms with E-state index in [0.29, 0.717) is 26.3 Å². The summed E-state index contributed by atoms with van der Waals surface area (Å²) < 4.78 is 27.8. The molecule has 0 aliphatic heterocycles. The predicted octanol–water partition coefficient (Wildman–Crippen LogP) is 6.03. The summed E-state index contributed by atoms with van der Waals surface area (Å²) in [5.41, 5.74) is 10.8. The molecular formula is C30H21N5O3S2. The Hall–Kier alpha value is -4.93. The molecule has 0 bridgehead atoms. The van der Waals surface area contributed by atoms with E-state index < -0.39 is 10.0 Å². The second kappa shape index (κ2) is 10.3. The van der Waals surface area contributed by atoms with Crippen LogP contribution >= 0.6 is 11.3 Å². The van der Waals surface area contributed by atoms with Gasteiger partial charge in [0.2, 0.25) is 11.7 Å². The van der Waals surface area contributed by atoms with Crippen LogP contribution in [0.5, 0.6) is 0 Å². The smallest absolute Gasteiger partial charge is 0.264 e. The largest absolute Gasteiger partial charge is 0.397 e. The number of sulfonamides is 1. The van der Waals surface area contributed by atoms with Crippen molar-refractivity contribution >= 4 is 49.0 Å². The normalized spacial score (nSPS) is 11.4. The molecule has 3 aromatic heterocycles. The number of carbonyl (C=O) groups excluding carboxylic acids is 1. The van der Waals surface area contributed by atoms with Crippen LogP contribution in [0.25, 0.3) is 32.6 Å². The Morgan fingerprint density at radius 3 is 2.08 bits per heavy atom. The van der Waals surface area contributed by atoms with Gasteiger partial charge in [0.1, 0.15) is 9.71 Å². The lowest BCUT2D eigenvalue weighted by Gasteiger charge is -2.09. The van der Waals surface area contributed by atoms with E-state index in [-0.39, 0.29) is 16.6 Å². The number of pyridine rings is 1. The molecule has 0 aliphatic carbocycles. The second-order valence-corrected chi connectivity index (χ2v) is 11.5. The third-order valence-corrected chi connectivity index (χ3v) is 8.72. The number of nitrogens with zero attached hydrogens (tertiary/aromatic N) is 3. The third kappa shape index (κ3) is 4.81. The van der Waals surface area contributed by atoms with E-state index in [1.165, 1.54) is 48.0 Å². The molecular weight excluding hydrogens is 542 g/mol. The number of anilines is 2. The van der Waals surface area contributed by atoms with Crippen molar-refractivity contribution < 1.29 is 13.2 Å². The van der Waals surface area contributed by atoms with Gasteiger partial charge >= 0.3 is 0 Å². The minimum Gasteiger partial charge on any atom is -0.397 e. The van der Waals surface area contributed by atoms with Crippen molar-refractivity contribution in [2.75, 3.05) is 10.5 Å². The number of nitrogens with one attached hydrogen (secondary N) is 1. The Labute approximate surface area is 234 Å². The molecule has 6 rings (SSSR count). The van der Waals surface area contributed by atoms with E-state index in [9.17, 15) is 13.2 Å². The molecule has 3 aromatic carbocycles. The van der Waals surface area contributed by atoms with Gasteiger partial charge in [-0.3, -0.25) is 4.79 Å². The minimum atomic E-state index is -3.93. The maximum Gasteiger partial charge on any atom is 0.264 e. The lowest BCUT2D eigenvalue weighted by molar-refractivity contribution is 0.104. The molecule has 0 spiro atoms. The standard InChI is InChI=1S/C30H21N5O3S2/c31-26-25-23(19-8-3-1-4-9-19)18-24(20-10-5-2-6-11-20)34-29(25)39-28(26)27(36)21-12-14-22(15-13-21)40(37,38)35-30-32-16-7-17-33-30/h1-18H,31H2,(H,32,33,35). The Kier molecular flexibility index (Phi) is 6.54. The molecule has 0 radical (unpaired) electrons. The fourth-order valence-electron chi connectivity index (χ4n) is 4.34. The summed E-state index contributed by atoms with van der Waals surface area (Å²) in [6.07, 6.45) is 2.87. The number of rotatable bonds is 7. The summed E-state index contributed by atoms with van der Waals surface area (Å²) in [6, 6.07) is 28.9. The third-order valence-electron chi connectivity index (χ3n) is 6.28. The molecule has 10 heteroatoms. The highest BCUT2D eigenvalue weighted by atomic mass is 32.2. The number of benzene rings is 3. The van der Waals surface area contributed by atoms with E-state index in [4.69, 9.17) is 10.7 Å². The highest BCUT2D eigenvalue weighted by Gasteiger charge is 2.23. The van der Waals surface area contributed by atoms with Crippen LogP contribution in [0.15, 0.2) is 114 Å². The molecule has 0 saturated carbocycles. The molecule has 8 nitrogen and oxygen atoms in total. The van der Waals surface area contributed by atoms with Gasteiger partial charge in [-0.2, -0.15) is 0 Å². The fraction of sp³-hybridized carbons (Fsp3) is 0. The first-order chi connectivity index (χ1) is 19.4. The maximum atomic E-state index is 13.6. The second-order valence-electron chi connectivity index (χ2n) is 8.84. The summed E-state index contributed by atoms with van der Waals surface area (Å²) in [7, 11) is -3.93. The van der Waals surface area contributed by atoms with Gasteiger partial charge in [-0.15, -0.1) is 11.3 Å².